The fourth-order valence-corrected chi connectivity index (χ4v) is 1.84. The Morgan fingerprint density at radius 1 is 1.47 bits per heavy atom. The van der Waals surface area contributed by atoms with E-state index in [0.29, 0.717) is 18.1 Å². The van der Waals surface area contributed by atoms with Crippen LogP contribution in [-0.2, 0) is 6.54 Å². The van der Waals surface area contributed by atoms with Gasteiger partial charge in [0.15, 0.2) is 0 Å². The summed E-state index contributed by atoms with van der Waals surface area (Å²) in [4.78, 5) is 0. The van der Waals surface area contributed by atoms with Crippen molar-refractivity contribution >= 4 is 11.6 Å². The molecular weight excluding hydrogens is 238 g/mol. The summed E-state index contributed by atoms with van der Waals surface area (Å²) >= 11 is 5.99. The summed E-state index contributed by atoms with van der Waals surface area (Å²) in [7, 11) is 1.64. The summed E-state index contributed by atoms with van der Waals surface area (Å²) in [6, 6.07) is 5.51. The first-order valence-electron chi connectivity index (χ1n) is 5.31. The number of ether oxygens (including phenoxy) is 1. The Bertz CT molecular complexity index is 510. The maximum absolute atomic E-state index is 5.99. The molecule has 2 N–H and O–H groups in total. The maximum Gasteiger partial charge on any atom is 0.126 e. The minimum absolute atomic E-state index is 0.563. The third-order valence-corrected chi connectivity index (χ3v) is 2.70. The third kappa shape index (κ3) is 2.60. The van der Waals surface area contributed by atoms with E-state index in [9.17, 15) is 0 Å². The fraction of sp³-hybridized carbons (Fsp3) is 0.250. The lowest BCUT2D eigenvalue weighted by atomic mass is 10.1. The van der Waals surface area contributed by atoms with E-state index in [-0.39, 0.29) is 0 Å². The number of halogens is 1. The number of rotatable bonds is 4. The first-order valence-corrected chi connectivity index (χ1v) is 5.69. The highest BCUT2D eigenvalue weighted by molar-refractivity contribution is 6.31. The van der Waals surface area contributed by atoms with E-state index in [4.69, 9.17) is 22.1 Å². The van der Waals surface area contributed by atoms with E-state index < -0.39 is 0 Å². The molecule has 0 bridgehead atoms. The van der Waals surface area contributed by atoms with E-state index in [1.54, 1.807) is 24.1 Å². The number of benzene rings is 1. The lowest BCUT2D eigenvalue weighted by molar-refractivity contribution is 0.416. The highest BCUT2D eigenvalue weighted by atomic mass is 35.5. The minimum atomic E-state index is 0.563. The van der Waals surface area contributed by atoms with Gasteiger partial charge in [0.2, 0.25) is 0 Å². The molecule has 17 heavy (non-hydrogen) atoms. The minimum Gasteiger partial charge on any atom is -0.496 e. The molecule has 90 valence electrons. The monoisotopic (exact) mass is 251 g/mol. The summed E-state index contributed by atoms with van der Waals surface area (Å²) in [6.45, 7) is 1.26. The normalized spacial score (nSPS) is 10.5. The molecule has 1 aromatic heterocycles. The van der Waals surface area contributed by atoms with E-state index in [1.165, 1.54) is 0 Å². The molecule has 0 aliphatic carbocycles. The van der Waals surface area contributed by atoms with Gasteiger partial charge >= 0.3 is 0 Å². The predicted molar refractivity (Wildman–Crippen MR) is 68.3 cm³/mol. The van der Waals surface area contributed by atoms with Crippen LogP contribution in [-0.4, -0.2) is 23.4 Å². The van der Waals surface area contributed by atoms with E-state index >= 15 is 0 Å². The van der Waals surface area contributed by atoms with Crippen LogP contribution < -0.4 is 10.5 Å². The van der Waals surface area contributed by atoms with Crippen LogP contribution in [0.1, 0.15) is 0 Å². The largest absolute Gasteiger partial charge is 0.496 e. The van der Waals surface area contributed by atoms with Gasteiger partial charge in [-0.1, -0.05) is 11.6 Å². The van der Waals surface area contributed by atoms with Gasteiger partial charge in [-0.05, 0) is 18.2 Å². The van der Waals surface area contributed by atoms with E-state index in [1.807, 2.05) is 18.3 Å². The number of hydrogen-bond acceptors (Lipinski definition) is 3. The number of hydrogen-bond donors (Lipinski definition) is 1. The molecule has 1 aromatic carbocycles. The van der Waals surface area contributed by atoms with Gasteiger partial charge in [0.1, 0.15) is 5.75 Å². The van der Waals surface area contributed by atoms with Crippen molar-refractivity contribution in [2.45, 2.75) is 6.54 Å². The van der Waals surface area contributed by atoms with Crippen LogP contribution in [0.3, 0.4) is 0 Å². The van der Waals surface area contributed by atoms with Crippen molar-refractivity contribution in [2.24, 2.45) is 5.73 Å². The number of aromatic nitrogens is 2. The van der Waals surface area contributed by atoms with Crippen LogP contribution in [0.2, 0.25) is 5.02 Å². The summed E-state index contributed by atoms with van der Waals surface area (Å²) in [6.07, 6.45) is 3.71. The van der Waals surface area contributed by atoms with Crippen molar-refractivity contribution < 1.29 is 4.74 Å². The highest BCUT2D eigenvalue weighted by Gasteiger charge is 2.08. The van der Waals surface area contributed by atoms with E-state index in [2.05, 4.69) is 5.10 Å². The molecule has 0 spiro atoms. The van der Waals surface area contributed by atoms with E-state index in [0.717, 1.165) is 16.9 Å². The SMILES string of the molecule is COc1ccc(Cl)cc1-c1cnn(CCN)c1. The highest BCUT2D eigenvalue weighted by Crippen LogP contribution is 2.31. The zero-order valence-corrected chi connectivity index (χ0v) is 10.3. The molecule has 0 aliphatic heterocycles. The Balaban J connectivity index is 2.40. The Hall–Kier alpha value is -1.52. The molecule has 0 saturated carbocycles. The van der Waals surface area contributed by atoms with Gasteiger partial charge in [-0.15, -0.1) is 0 Å². The summed E-state index contributed by atoms with van der Waals surface area (Å²) in [5.41, 5.74) is 7.39. The molecular formula is C12H14ClN3O. The molecule has 5 heteroatoms. The second kappa shape index (κ2) is 5.21. The number of methoxy groups -OCH3 is 1. The van der Waals surface area contributed by atoms with Gasteiger partial charge < -0.3 is 10.5 Å². The summed E-state index contributed by atoms with van der Waals surface area (Å²) < 4.78 is 7.10. The van der Waals surface area contributed by atoms with Crippen molar-refractivity contribution in [3.63, 3.8) is 0 Å². The zero-order valence-electron chi connectivity index (χ0n) is 9.56. The summed E-state index contributed by atoms with van der Waals surface area (Å²) in [5, 5.41) is 4.90. The molecule has 4 nitrogen and oxygen atoms in total. The second-order valence-electron chi connectivity index (χ2n) is 3.63. The molecule has 1 heterocycles. The lowest BCUT2D eigenvalue weighted by Gasteiger charge is -2.06. The lowest BCUT2D eigenvalue weighted by Crippen LogP contribution is -2.09. The van der Waals surface area contributed by atoms with Crippen LogP contribution >= 0.6 is 11.6 Å². The van der Waals surface area contributed by atoms with Gasteiger partial charge in [-0.2, -0.15) is 5.10 Å². The van der Waals surface area contributed by atoms with Crippen molar-refractivity contribution in [1.29, 1.82) is 0 Å². The molecule has 0 atom stereocenters. The van der Waals surface area contributed by atoms with Crippen LogP contribution in [0.4, 0.5) is 0 Å². The molecule has 0 aliphatic rings. The molecule has 2 aromatic rings. The molecule has 0 saturated heterocycles. The Kier molecular flexibility index (Phi) is 3.66. The topological polar surface area (TPSA) is 53.1 Å². The van der Waals surface area contributed by atoms with Crippen molar-refractivity contribution in [1.82, 2.24) is 9.78 Å². The van der Waals surface area contributed by atoms with Crippen molar-refractivity contribution in [3.8, 4) is 16.9 Å². The van der Waals surface area contributed by atoms with Gasteiger partial charge in [-0.25, -0.2) is 0 Å². The second-order valence-corrected chi connectivity index (χ2v) is 4.06. The van der Waals surface area contributed by atoms with Crippen molar-refractivity contribution in [3.05, 3.63) is 35.6 Å². The first-order chi connectivity index (χ1) is 8.24. The Morgan fingerprint density at radius 2 is 2.29 bits per heavy atom. The average molecular weight is 252 g/mol. The van der Waals surface area contributed by atoms with Crippen LogP contribution in [0, 0.1) is 0 Å². The predicted octanol–water partition coefficient (Wildman–Crippen LogP) is 2.17. The van der Waals surface area contributed by atoms with Gasteiger partial charge in [0, 0.05) is 28.9 Å². The Labute approximate surface area is 105 Å². The zero-order chi connectivity index (χ0) is 12.3. The molecule has 0 unspecified atom stereocenters. The van der Waals surface area contributed by atoms with Gasteiger partial charge in [0.05, 0.1) is 19.9 Å². The maximum atomic E-state index is 5.99. The molecule has 0 fully saturated rings. The standard InChI is InChI=1S/C12H14ClN3O/c1-17-12-3-2-10(13)6-11(12)9-7-15-16(8-9)5-4-14/h2-3,6-8H,4-5,14H2,1H3. The van der Waals surface area contributed by atoms with Crippen molar-refractivity contribution in [2.75, 3.05) is 13.7 Å². The van der Waals surface area contributed by atoms with Crippen LogP contribution in [0.5, 0.6) is 5.75 Å². The molecule has 0 amide bonds. The fourth-order valence-electron chi connectivity index (χ4n) is 1.66. The molecule has 2 rings (SSSR count). The number of nitrogens with two attached hydrogens (primary N) is 1. The summed E-state index contributed by atoms with van der Waals surface area (Å²) in [5.74, 6) is 0.779. The first kappa shape index (κ1) is 12.0. The smallest absolute Gasteiger partial charge is 0.126 e. The quantitative estimate of drug-likeness (QED) is 0.906. The third-order valence-electron chi connectivity index (χ3n) is 2.46. The van der Waals surface area contributed by atoms with Gasteiger partial charge in [0.25, 0.3) is 0 Å². The number of nitrogens with zero attached hydrogens (tertiary/aromatic N) is 2. The van der Waals surface area contributed by atoms with Gasteiger partial charge in [-0.3, -0.25) is 4.68 Å². The Morgan fingerprint density at radius 3 is 3.00 bits per heavy atom. The average Bonchev–Trinajstić information content (AvgIpc) is 2.78. The van der Waals surface area contributed by atoms with Crippen LogP contribution in [0.15, 0.2) is 30.6 Å². The van der Waals surface area contributed by atoms with Crippen LogP contribution in [0.25, 0.3) is 11.1 Å². The molecule has 0 radical (unpaired) electrons.